The number of rotatable bonds is 3. The highest BCUT2D eigenvalue weighted by Gasteiger charge is 2.43. The molecule has 0 amide bonds. The van der Waals surface area contributed by atoms with Gasteiger partial charge in [-0.1, -0.05) is 66.8 Å². The molecule has 1 heteroatoms. The first-order valence-corrected chi connectivity index (χ1v) is 9.83. The minimum absolute atomic E-state index is 0.233. The Balaban J connectivity index is 1.73. The van der Waals surface area contributed by atoms with E-state index < -0.39 is 0 Å². The maximum absolute atomic E-state index is 2.55. The second-order valence-electron chi connectivity index (χ2n) is 9.02. The molecule has 138 valence electrons. The smallest absolute Gasteiger partial charge is 0.0161 e. The first kappa shape index (κ1) is 18.9. The zero-order chi connectivity index (χ0) is 18.8. The molecule has 1 saturated heterocycles. The van der Waals surface area contributed by atoms with Gasteiger partial charge in [0, 0.05) is 11.1 Å². The topological polar surface area (TPSA) is 3.24 Å². The SMILES string of the molecule is CN1C(C)(C)CC(c2ccc(/C=C/C3=CC=CCC=C3)cc2)CC1(C)C. The summed E-state index contributed by atoms with van der Waals surface area (Å²) in [6, 6.07) is 9.19. The van der Waals surface area contributed by atoms with Crippen LogP contribution in [0.4, 0.5) is 0 Å². The Morgan fingerprint density at radius 3 is 2.23 bits per heavy atom. The van der Waals surface area contributed by atoms with Crippen molar-refractivity contribution in [3.63, 3.8) is 0 Å². The molecule has 1 fully saturated rings. The van der Waals surface area contributed by atoms with Crippen LogP contribution in [0.2, 0.25) is 0 Å². The number of piperidine rings is 1. The van der Waals surface area contributed by atoms with Crippen LogP contribution >= 0.6 is 0 Å². The van der Waals surface area contributed by atoms with Gasteiger partial charge >= 0.3 is 0 Å². The summed E-state index contributed by atoms with van der Waals surface area (Å²) in [4.78, 5) is 2.55. The Labute approximate surface area is 159 Å². The molecule has 1 nitrogen and oxygen atoms in total. The molecule has 0 unspecified atom stereocenters. The van der Waals surface area contributed by atoms with Gasteiger partial charge < -0.3 is 0 Å². The molecule has 0 N–H and O–H groups in total. The molecule has 1 heterocycles. The molecule has 0 saturated carbocycles. The van der Waals surface area contributed by atoms with E-state index in [1.165, 1.54) is 29.5 Å². The predicted octanol–water partition coefficient (Wildman–Crippen LogP) is 6.51. The molecule has 0 aromatic heterocycles. The van der Waals surface area contributed by atoms with Crippen molar-refractivity contribution >= 4 is 6.08 Å². The zero-order valence-corrected chi connectivity index (χ0v) is 17.0. The van der Waals surface area contributed by atoms with Crippen LogP contribution in [0.15, 0.2) is 66.3 Å². The van der Waals surface area contributed by atoms with Crippen molar-refractivity contribution in [2.45, 2.75) is 64.0 Å². The van der Waals surface area contributed by atoms with Gasteiger partial charge in [0.15, 0.2) is 0 Å². The van der Waals surface area contributed by atoms with Gasteiger partial charge in [-0.2, -0.15) is 0 Å². The zero-order valence-electron chi connectivity index (χ0n) is 17.0. The number of allylic oxidation sites excluding steroid dienone is 7. The highest BCUT2D eigenvalue weighted by molar-refractivity contribution is 5.56. The van der Waals surface area contributed by atoms with Crippen LogP contribution in [0, 0.1) is 0 Å². The maximum Gasteiger partial charge on any atom is 0.0161 e. The van der Waals surface area contributed by atoms with Crippen molar-refractivity contribution in [3.8, 4) is 0 Å². The van der Waals surface area contributed by atoms with Crippen LogP contribution < -0.4 is 0 Å². The lowest BCUT2D eigenvalue weighted by molar-refractivity contribution is -0.0128. The van der Waals surface area contributed by atoms with Crippen LogP contribution in [0.5, 0.6) is 0 Å². The molecule has 0 atom stereocenters. The van der Waals surface area contributed by atoms with Crippen LogP contribution in [-0.2, 0) is 0 Å². The van der Waals surface area contributed by atoms with Gasteiger partial charge in [-0.15, -0.1) is 0 Å². The van der Waals surface area contributed by atoms with Crippen molar-refractivity contribution in [1.29, 1.82) is 0 Å². The fourth-order valence-electron chi connectivity index (χ4n) is 4.39. The number of nitrogens with zero attached hydrogens (tertiary/aromatic N) is 1. The quantitative estimate of drug-likeness (QED) is 0.602. The molecule has 1 aliphatic heterocycles. The Morgan fingerprint density at radius 1 is 0.923 bits per heavy atom. The monoisotopic (exact) mass is 347 g/mol. The van der Waals surface area contributed by atoms with Crippen molar-refractivity contribution in [3.05, 3.63) is 77.4 Å². The summed E-state index contributed by atoms with van der Waals surface area (Å²) in [5, 5.41) is 0. The van der Waals surface area contributed by atoms with Crippen molar-refractivity contribution in [1.82, 2.24) is 4.90 Å². The average molecular weight is 348 g/mol. The molecule has 0 bridgehead atoms. The van der Waals surface area contributed by atoms with Crippen molar-refractivity contribution < 1.29 is 0 Å². The third-order valence-electron chi connectivity index (χ3n) is 6.19. The lowest BCUT2D eigenvalue weighted by Gasteiger charge is -2.54. The first-order chi connectivity index (χ1) is 12.3. The van der Waals surface area contributed by atoms with E-state index in [0.29, 0.717) is 5.92 Å². The number of hydrogen-bond donors (Lipinski definition) is 0. The minimum Gasteiger partial charge on any atom is -0.296 e. The van der Waals surface area contributed by atoms with Crippen LogP contribution in [0.3, 0.4) is 0 Å². The molecular weight excluding hydrogens is 314 g/mol. The van der Waals surface area contributed by atoms with E-state index in [2.05, 4.69) is 106 Å². The maximum atomic E-state index is 2.55. The van der Waals surface area contributed by atoms with Crippen LogP contribution in [0.1, 0.15) is 64.0 Å². The van der Waals surface area contributed by atoms with E-state index in [0.717, 1.165) is 6.42 Å². The highest BCUT2D eigenvalue weighted by atomic mass is 15.2. The largest absolute Gasteiger partial charge is 0.296 e. The standard InChI is InChI=1S/C25H33N/c1-24(2)18-23(19-25(3,4)26(24)5)22-16-14-21(15-17-22)13-12-20-10-8-6-7-9-11-20/h6,8-17,23H,7,18-19H2,1-5H3/b13-12+. The Kier molecular flexibility index (Phi) is 5.39. The summed E-state index contributed by atoms with van der Waals surface area (Å²) in [5.74, 6) is 0.631. The second-order valence-corrected chi connectivity index (χ2v) is 9.02. The molecular formula is C25H33N. The lowest BCUT2D eigenvalue weighted by Crippen LogP contribution is -2.58. The van der Waals surface area contributed by atoms with Gasteiger partial charge in [-0.25, -0.2) is 0 Å². The van der Waals surface area contributed by atoms with Gasteiger partial charge in [-0.05, 0) is 76.6 Å². The van der Waals surface area contributed by atoms with E-state index in [1.54, 1.807) is 0 Å². The van der Waals surface area contributed by atoms with Crippen molar-refractivity contribution in [2.24, 2.45) is 0 Å². The first-order valence-electron chi connectivity index (χ1n) is 9.83. The average Bonchev–Trinajstić information content (AvgIpc) is 2.86. The molecule has 0 spiro atoms. The number of hydrogen-bond acceptors (Lipinski definition) is 1. The fraction of sp³-hybridized carbons (Fsp3) is 0.440. The normalized spacial score (nSPS) is 23.2. The minimum atomic E-state index is 0.233. The Morgan fingerprint density at radius 2 is 1.58 bits per heavy atom. The predicted molar refractivity (Wildman–Crippen MR) is 114 cm³/mol. The fourth-order valence-corrected chi connectivity index (χ4v) is 4.39. The molecule has 1 aromatic rings. The van der Waals surface area contributed by atoms with Crippen LogP contribution in [-0.4, -0.2) is 23.0 Å². The van der Waals surface area contributed by atoms with E-state index >= 15 is 0 Å². The third-order valence-corrected chi connectivity index (χ3v) is 6.19. The summed E-state index contributed by atoms with van der Waals surface area (Å²) in [6.07, 6.45) is 18.7. The number of likely N-dealkylation sites (tertiary alicyclic amines) is 1. The van der Waals surface area contributed by atoms with E-state index in [1.807, 2.05) is 0 Å². The third kappa shape index (κ3) is 4.27. The van der Waals surface area contributed by atoms with Gasteiger partial charge in [0.05, 0.1) is 0 Å². The number of benzene rings is 1. The Hall–Kier alpha value is -1.86. The van der Waals surface area contributed by atoms with Gasteiger partial charge in [-0.3, -0.25) is 4.90 Å². The van der Waals surface area contributed by atoms with Crippen LogP contribution in [0.25, 0.3) is 6.08 Å². The summed E-state index contributed by atoms with van der Waals surface area (Å²) in [7, 11) is 2.27. The molecule has 0 radical (unpaired) electrons. The van der Waals surface area contributed by atoms with Gasteiger partial charge in [0.2, 0.25) is 0 Å². The van der Waals surface area contributed by atoms with E-state index in [-0.39, 0.29) is 11.1 Å². The van der Waals surface area contributed by atoms with Gasteiger partial charge in [0.25, 0.3) is 0 Å². The molecule has 1 aliphatic carbocycles. The summed E-state index contributed by atoms with van der Waals surface area (Å²) >= 11 is 0. The molecule has 26 heavy (non-hydrogen) atoms. The van der Waals surface area contributed by atoms with Gasteiger partial charge in [0.1, 0.15) is 0 Å². The molecule has 2 aliphatic rings. The lowest BCUT2D eigenvalue weighted by atomic mass is 9.71. The highest BCUT2D eigenvalue weighted by Crippen LogP contribution is 2.44. The molecule has 3 rings (SSSR count). The second kappa shape index (κ2) is 7.40. The summed E-state index contributed by atoms with van der Waals surface area (Å²) in [5.41, 5.74) is 4.46. The summed E-state index contributed by atoms with van der Waals surface area (Å²) < 4.78 is 0. The van der Waals surface area contributed by atoms with E-state index in [9.17, 15) is 0 Å². The van der Waals surface area contributed by atoms with Crippen molar-refractivity contribution in [2.75, 3.05) is 7.05 Å². The Bertz CT molecular complexity index is 723. The van der Waals surface area contributed by atoms with E-state index in [4.69, 9.17) is 0 Å². The summed E-state index contributed by atoms with van der Waals surface area (Å²) in [6.45, 7) is 9.50. The molecule has 1 aromatic carbocycles.